The number of benzene rings is 2. The van der Waals surface area contributed by atoms with E-state index < -0.39 is 0 Å². The molecule has 2 aromatic carbocycles. The summed E-state index contributed by atoms with van der Waals surface area (Å²) in [4.78, 5) is 27.1. The predicted octanol–water partition coefficient (Wildman–Crippen LogP) is 5.26. The van der Waals surface area contributed by atoms with Crippen LogP contribution in [-0.2, 0) is 14.3 Å². The first kappa shape index (κ1) is 35.4. The molecule has 2 aromatic heterocycles. The maximum atomic E-state index is 8.79. The zero-order valence-corrected chi connectivity index (χ0v) is 24.8. The van der Waals surface area contributed by atoms with Crippen LogP contribution in [0.15, 0.2) is 78.0 Å². The standard InChI is InChI=1S/C25H27N5O3.C5H10.2CH2O/c1-17-3-5-19(6-4-17)22-16-27-25(26)24(28-22)23-15-21(29-33-23)18-7-9-20(10-8-18)30(2)11-13-32-14-12-31;1-4-5(2)3;2*1-2/h3-10,15-16,31H,11-14H2,1-2H3,(H2,26,27);4-5H,1H2,2-3H3;2*1H2. The maximum Gasteiger partial charge on any atom is 0.189 e. The molecule has 10 nitrogen and oxygen atoms in total. The number of carbonyl (C=O) groups excluding carboxylic acids is 2. The van der Waals surface area contributed by atoms with Gasteiger partial charge in [0.2, 0.25) is 0 Å². The molecule has 4 aromatic rings. The Balaban J connectivity index is 0.000000873. The van der Waals surface area contributed by atoms with Gasteiger partial charge in [-0.05, 0) is 25.0 Å². The summed E-state index contributed by atoms with van der Waals surface area (Å²) in [5, 5.41) is 13.0. The number of aromatic nitrogens is 3. The van der Waals surface area contributed by atoms with Gasteiger partial charge in [0.25, 0.3) is 0 Å². The molecular weight excluding hydrogens is 534 g/mol. The van der Waals surface area contributed by atoms with E-state index in [0.717, 1.165) is 23.4 Å². The van der Waals surface area contributed by atoms with Crippen molar-refractivity contribution in [3.8, 4) is 34.0 Å². The number of aryl methyl sites for hydroxylation is 1. The maximum absolute atomic E-state index is 8.79. The topological polar surface area (TPSA) is 145 Å². The fourth-order valence-electron chi connectivity index (χ4n) is 3.35. The van der Waals surface area contributed by atoms with Crippen LogP contribution in [0.3, 0.4) is 0 Å². The quantitative estimate of drug-likeness (QED) is 0.190. The molecule has 2 heterocycles. The van der Waals surface area contributed by atoms with Gasteiger partial charge in [0.1, 0.15) is 19.3 Å². The Morgan fingerprint density at radius 2 is 1.57 bits per heavy atom. The normalized spacial score (nSPS) is 9.86. The summed E-state index contributed by atoms with van der Waals surface area (Å²) >= 11 is 0. The summed E-state index contributed by atoms with van der Waals surface area (Å²) in [6.07, 6.45) is 3.57. The molecule has 0 atom stereocenters. The van der Waals surface area contributed by atoms with Crippen LogP contribution in [0.5, 0.6) is 0 Å². The highest BCUT2D eigenvalue weighted by Crippen LogP contribution is 2.30. The average molecular weight is 576 g/mol. The fraction of sp³-hybridized carbons (Fsp3) is 0.281. The smallest absolute Gasteiger partial charge is 0.189 e. The lowest BCUT2D eigenvalue weighted by atomic mass is 10.1. The lowest BCUT2D eigenvalue weighted by Gasteiger charge is -2.19. The van der Waals surface area contributed by atoms with E-state index in [4.69, 9.17) is 29.7 Å². The molecule has 10 heteroatoms. The molecule has 42 heavy (non-hydrogen) atoms. The van der Waals surface area contributed by atoms with Crippen molar-refractivity contribution in [2.75, 3.05) is 44.0 Å². The zero-order valence-electron chi connectivity index (χ0n) is 24.8. The van der Waals surface area contributed by atoms with E-state index in [1.165, 1.54) is 5.56 Å². The molecule has 0 aliphatic rings. The number of nitrogen functional groups attached to an aromatic ring is 1. The Hall–Kier alpha value is -4.67. The summed E-state index contributed by atoms with van der Waals surface area (Å²) in [6, 6.07) is 17.9. The van der Waals surface area contributed by atoms with Crippen LogP contribution in [0, 0.1) is 12.8 Å². The molecule has 0 unspecified atom stereocenters. The second kappa shape index (κ2) is 19.4. The van der Waals surface area contributed by atoms with Crippen molar-refractivity contribution in [1.29, 1.82) is 0 Å². The summed E-state index contributed by atoms with van der Waals surface area (Å²) in [7, 11) is 1.99. The molecule has 0 saturated carbocycles. The van der Waals surface area contributed by atoms with Crippen molar-refractivity contribution in [2.45, 2.75) is 20.8 Å². The molecule has 0 aliphatic carbocycles. The van der Waals surface area contributed by atoms with E-state index in [1.54, 1.807) is 6.20 Å². The fourth-order valence-corrected chi connectivity index (χ4v) is 3.35. The molecule has 0 saturated heterocycles. The third-order valence-corrected chi connectivity index (χ3v) is 5.77. The molecule has 0 amide bonds. The Morgan fingerprint density at radius 3 is 2.14 bits per heavy atom. The number of aliphatic hydroxyl groups excluding tert-OH is 1. The number of nitrogens with zero attached hydrogens (tertiary/aromatic N) is 4. The largest absolute Gasteiger partial charge is 0.394 e. The van der Waals surface area contributed by atoms with E-state index in [-0.39, 0.29) is 12.4 Å². The molecule has 0 spiro atoms. The summed E-state index contributed by atoms with van der Waals surface area (Å²) in [6.45, 7) is 15.5. The van der Waals surface area contributed by atoms with Crippen LogP contribution >= 0.6 is 0 Å². The van der Waals surface area contributed by atoms with Crippen LogP contribution in [0.4, 0.5) is 11.5 Å². The van der Waals surface area contributed by atoms with Gasteiger partial charge >= 0.3 is 0 Å². The zero-order chi connectivity index (χ0) is 31.5. The SMILES string of the molecule is C=CC(C)C.C=O.C=O.Cc1ccc(-c2cnc(N)c(-c3cc(-c4ccc(N(C)CCOCCO)cc4)no3)n2)cc1. The van der Waals surface area contributed by atoms with Crippen molar-refractivity contribution in [2.24, 2.45) is 5.92 Å². The average Bonchev–Trinajstić information content (AvgIpc) is 3.52. The van der Waals surface area contributed by atoms with Gasteiger partial charge in [-0.15, -0.1) is 6.58 Å². The van der Waals surface area contributed by atoms with Gasteiger partial charge in [0.05, 0.1) is 31.7 Å². The Bertz CT molecular complexity index is 1320. The lowest BCUT2D eigenvalue weighted by molar-refractivity contribution is -0.0987. The van der Waals surface area contributed by atoms with Crippen molar-refractivity contribution >= 4 is 25.1 Å². The molecule has 0 radical (unpaired) electrons. The first-order chi connectivity index (χ1) is 20.3. The third-order valence-electron chi connectivity index (χ3n) is 5.77. The number of hydrogen-bond donors (Lipinski definition) is 2. The number of ether oxygens (including phenoxy) is 1. The number of likely N-dealkylation sites (N-methyl/N-ethyl adjacent to an activating group) is 1. The van der Waals surface area contributed by atoms with Crippen LogP contribution in [0.25, 0.3) is 34.0 Å². The summed E-state index contributed by atoms with van der Waals surface area (Å²) < 4.78 is 10.9. The number of rotatable bonds is 10. The minimum absolute atomic E-state index is 0.0333. The molecule has 0 bridgehead atoms. The molecular formula is C32H41N5O5. The number of carbonyl (C=O) groups is 2. The highest BCUT2D eigenvalue weighted by atomic mass is 16.5. The number of nitrogens with two attached hydrogens (primary N) is 1. The van der Waals surface area contributed by atoms with Crippen LogP contribution in [-0.4, -0.2) is 67.2 Å². The monoisotopic (exact) mass is 575 g/mol. The van der Waals surface area contributed by atoms with Gasteiger partial charge in [0, 0.05) is 36.5 Å². The van der Waals surface area contributed by atoms with E-state index in [0.29, 0.717) is 42.0 Å². The molecule has 3 N–H and O–H groups in total. The van der Waals surface area contributed by atoms with Crippen molar-refractivity contribution in [1.82, 2.24) is 15.1 Å². The second-order valence-electron chi connectivity index (χ2n) is 9.22. The Kier molecular flexibility index (Phi) is 16.3. The second-order valence-corrected chi connectivity index (χ2v) is 9.22. The van der Waals surface area contributed by atoms with E-state index in [9.17, 15) is 0 Å². The molecule has 0 aliphatic heterocycles. The number of aliphatic hydroxyl groups is 1. The van der Waals surface area contributed by atoms with Gasteiger partial charge in [-0.2, -0.15) is 0 Å². The third kappa shape index (κ3) is 11.1. The highest BCUT2D eigenvalue weighted by Gasteiger charge is 2.15. The van der Waals surface area contributed by atoms with Crippen LogP contribution in [0.2, 0.25) is 0 Å². The number of anilines is 2. The van der Waals surface area contributed by atoms with Crippen molar-refractivity contribution < 1.29 is 24.0 Å². The molecule has 0 fully saturated rings. The minimum Gasteiger partial charge on any atom is -0.394 e. The lowest BCUT2D eigenvalue weighted by Crippen LogP contribution is -2.23. The predicted molar refractivity (Wildman–Crippen MR) is 168 cm³/mol. The molecule has 4 rings (SSSR count). The molecule has 224 valence electrons. The van der Waals surface area contributed by atoms with Crippen LogP contribution < -0.4 is 10.6 Å². The first-order valence-electron chi connectivity index (χ1n) is 13.2. The van der Waals surface area contributed by atoms with Crippen molar-refractivity contribution in [3.63, 3.8) is 0 Å². The number of allylic oxidation sites excluding steroid dienone is 1. The first-order valence-corrected chi connectivity index (χ1v) is 13.2. The van der Waals surface area contributed by atoms with E-state index in [2.05, 4.69) is 40.5 Å². The Morgan fingerprint density at radius 1 is 1.00 bits per heavy atom. The highest BCUT2D eigenvalue weighted by molar-refractivity contribution is 5.73. The van der Waals surface area contributed by atoms with E-state index in [1.807, 2.05) is 88.2 Å². The van der Waals surface area contributed by atoms with Gasteiger partial charge < -0.3 is 34.6 Å². The van der Waals surface area contributed by atoms with Crippen LogP contribution in [0.1, 0.15) is 19.4 Å². The van der Waals surface area contributed by atoms with Gasteiger partial charge in [-0.25, -0.2) is 9.97 Å². The summed E-state index contributed by atoms with van der Waals surface area (Å²) in [5.41, 5.74) is 12.1. The van der Waals surface area contributed by atoms with E-state index >= 15 is 0 Å². The van der Waals surface area contributed by atoms with Gasteiger partial charge in [0.15, 0.2) is 17.3 Å². The minimum atomic E-state index is 0.0333. The Labute approximate surface area is 247 Å². The van der Waals surface area contributed by atoms with Gasteiger partial charge in [-0.3, -0.25) is 0 Å². The summed E-state index contributed by atoms with van der Waals surface area (Å²) in [5.74, 6) is 1.40. The number of hydrogen-bond acceptors (Lipinski definition) is 10. The van der Waals surface area contributed by atoms with Gasteiger partial charge in [-0.1, -0.05) is 67.0 Å². The van der Waals surface area contributed by atoms with Crippen molar-refractivity contribution in [3.05, 3.63) is 79.0 Å².